The number of rotatable bonds is 4. The number of hydrogen-bond donors (Lipinski definition) is 2. The molecule has 0 radical (unpaired) electrons. The molecule has 0 saturated carbocycles. The predicted octanol–water partition coefficient (Wildman–Crippen LogP) is 2.95. The molecule has 1 aromatic carbocycles. The van der Waals surface area contributed by atoms with Gasteiger partial charge >= 0.3 is 6.03 Å². The second-order valence-corrected chi connectivity index (χ2v) is 5.23. The zero-order chi connectivity index (χ0) is 13.5. The van der Waals surface area contributed by atoms with Gasteiger partial charge in [-0.1, -0.05) is 24.1 Å². The van der Waals surface area contributed by atoms with Gasteiger partial charge < -0.3 is 15.5 Å². The van der Waals surface area contributed by atoms with E-state index in [1.807, 2.05) is 12.1 Å². The molecule has 1 heterocycles. The highest BCUT2D eigenvalue weighted by atomic mass is 35.5. The quantitative estimate of drug-likeness (QED) is 0.891. The third-order valence-electron chi connectivity index (χ3n) is 3.24. The fraction of sp³-hybridized carbons (Fsp3) is 0.500. The third kappa shape index (κ3) is 5.09. The van der Waals surface area contributed by atoms with Crippen LogP contribution >= 0.6 is 11.6 Å². The van der Waals surface area contributed by atoms with Crippen LogP contribution in [-0.2, 0) is 0 Å². The molecular weight excluding hydrogens is 262 g/mol. The number of hydrogen-bond acceptors (Lipinski definition) is 2. The van der Waals surface area contributed by atoms with E-state index in [-0.39, 0.29) is 6.03 Å². The minimum atomic E-state index is -0.181. The summed E-state index contributed by atoms with van der Waals surface area (Å²) in [5.41, 5.74) is 0.711. The Morgan fingerprint density at radius 3 is 2.79 bits per heavy atom. The van der Waals surface area contributed by atoms with Crippen LogP contribution in [0.15, 0.2) is 24.3 Å². The topological polar surface area (TPSA) is 44.4 Å². The van der Waals surface area contributed by atoms with Crippen molar-refractivity contribution in [1.82, 2.24) is 10.2 Å². The molecule has 0 bridgehead atoms. The summed E-state index contributed by atoms with van der Waals surface area (Å²) in [7, 11) is 0. The first-order chi connectivity index (χ1) is 9.24. The largest absolute Gasteiger partial charge is 0.337 e. The molecule has 4 nitrogen and oxygen atoms in total. The van der Waals surface area contributed by atoms with Crippen LogP contribution < -0.4 is 10.6 Å². The van der Waals surface area contributed by atoms with Crippen molar-refractivity contribution in [1.29, 1.82) is 0 Å². The van der Waals surface area contributed by atoms with E-state index >= 15 is 0 Å². The number of likely N-dealkylation sites (tertiary alicyclic amines) is 1. The minimum absolute atomic E-state index is 0.181. The number of benzene rings is 1. The van der Waals surface area contributed by atoms with Gasteiger partial charge in [-0.05, 0) is 44.1 Å². The number of anilines is 1. The average molecular weight is 282 g/mol. The molecule has 1 aromatic rings. The summed E-state index contributed by atoms with van der Waals surface area (Å²) in [6, 6.07) is 6.95. The van der Waals surface area contributed by atoms with Crippen LogP contribution in [0.3, 0.4) is 0 Å². The average Bonchev–Trinajstić information content (AvgIpc) is 2.40. The Kier molecular flexibility index (Phi) is 5.48. The Bertz CT molecular complexity index is 419. The number of halogens is 1. The van der Waals surface area contributed by atoms with Crippen LogP contribution in [0.5, 0.6) is 0 Å². The summed E-state index contributed by atoms with van der Waals surface area (Å²) < 4.78 is 0. The fourth-order valence-electron chi connectivity index (χ4n) is 2.25. The molecule has 19 heavy (non-hydrogen) atoms. The maximum atomic E-state index is 11.7. The SMILES string of the molecule is O=C(NCCN1CCCCC1)Nc1cccc(Cl)c1. The molecule has 0 unspecified atom stereocenters. The van der Waals surface area contributed by atoms with Crippen LogP contribution in [0.25, 0.3) is 0 Å². The van der Waals surface area contributed by atoms with Crippen molar-refractivity contribution in [3.8, 4) is 0 Å². The van der Waals surface area contributed by atoms with Crippen LogP contribution in [0.4, 0.5) is 10.5 Å². The number of urea groups is 1. The number of carbonyl (C=O) groups is 1. The zero-order valence-corrected chi connectivity index (χ0v) is 11.7. The van der Waals surface area contributed by atoms with E-state index in [0.717, 1.165) is 19.6 Å². The van der Waals surface area contributed by atoms with Gasteiger partial charge in [-0.3, -0.25) is 0 Å². The standard InChI is InChI=1S/C14H20ClN3O/c15-12-5-4-6-13(11-12)17-14(19)16-7-10-18-8-2-1-3-9-18/h4-6,11H,1-3,7-10H2,(H2,16,17,19). The molecule has 1 fully saturated rings. The Balaban J connectivity index is 1.67. The second-order valence-electron chi connectivity index (χ2n) is 4.79. The minimum Gasteiger partial charge on any atom is -0.337 e. The van der Waals surface area contributed by atoms with Gasteiger partial charge in [0, 0.05) is 23.8 Å². The van der Waals surface area contributed by atoms with Crippen LogP contribution in [0.1, 0.15) is 19.3 Å². The molecule has 0 atom stereocenters. The Hall–Kier alpha value is -1.26. The highest BCUT2D eigenvalue weighted by Gasteiger charge is 2.09. The Morgan fingerprint density at radius 1 is 1.26 bits per heavy atom. The van der Waals surface area contributed by atoms with Gasteiger partial charge in [0.25, 0.3) is 0 Å². The first-order valence-electron chi connectivity index (χ1n) is 6.77. The molecule has 2 amide bonds. The van der Waals surface area contributed by atoms with E-state index in [9.17, 15) is 4.79 Å². The lowest BCUT2D eigenvalue weighted by atomic mass is 10.1. The normalized spacial score (nSPS) is 16.1. The maximum absolute atomic E-state index is 11.7. The van der Waals surface area contributed by atoms with Gasteiger partial charge in [-0.2, -0.15) is 0 Å². The molecule has 1 saturated heterocycles. The third-order valence-corrected chi connectivity index (χ3v) is 3.48. The Labute approximate surface area is 119 Å². The second kappa shape index (κ2) is 7.36. The zero-order valence-electron chi connectivity index (χ0n) is 11.0. The van der Waals surface area contributed by atoms with E-state index in [2.05, 4.69) is 15.5 Å². The van der Waals surface area contributed by atoms with Crippen molar-refractivity contribution in [3.63, 3.8) is 0 Å². The van der Waals surface area contributed by atoms with E-state index in [1.54, 1.807) is 12.1 Å². The Morgan fingerprint density at radius 2 is 2.05 bits per heavy atom. The van der Waals surface area contributed by atoms with E-state index in [1.165, 1.54) is 19.3 Å². The first kappa shape index (κ1) is 14.2. The molecule has 0 spiro atoms. The lowest BCUT2D eigenvalue weighted by Gasteiger charge is -2.26. The molecule has 0 aromatic heterocycles. The number of nitrogens with one attached hydrogen (secondary N) is 2. The van der Waals surface area contributed by atoms with Gasteiger partial charge in [-0.15, -0.1) is 0 Å². The van der Waals surface area contributed by atoms with Crippen molar-refractivity contribution in [2.75, 3.05) is 31.5 Å². The highest BCUT2D eigenvalue weighted by Crippen LogP contribution is 2.14. The molecule has 0 aliphatic carbocycles. The van der Waals surface area contributed by atoms with Crippen molar-refractivity contribution in [2.45, 2.75) is 19.3 Å². The summed E-state index contributed by atoms with van der Waals surface area (Å²) >= 11 is 5.86. The van der Waals surface area contributed by atoms with E-state index in [4.69, 9.17) is 11.6 Å². The first-order valence-corrected chi connectivity index (χ1v) is 7.14. The summed E-state index contributed by atoms with van der Waals surface area (Å²) in [4.78, 5) is 14.1. The number of nitrogens with zero attached hydrogens (tertiary/aromatic N) is 1. The van der Waals surface area contributed by atoms with E-state index < -0.39 is 0 Å². The van der Waals surface area contributed by atoms with Gasteiger partial charge in [0.15, 0.2) is 0 Å². The van der Waals surface area contributed by atoms with Crippen LogP contribution in [0, 0.1) is 0 Å². The molecule has 1 aliphatic heterocycles. The monoisotopic (exact) mass is 281 g/mol. The smallest absolute Gasteiger partial charge is 0.319 e. The van der Waals surface area contributed by atoms with E-state index in [0.29, 0.717) is 17.3 Å². The van der Waals surface area contributed by atoms with Crippen molar-refractivity contribution in [3.05, 3.63) is 29.3 Å². The molecule has 2 N–H and O–H groups in total. The van der Waals surface area contributed by atoms with Crippen molar-refractivity contribution < 1.29 is 4.79 Å². The van der Waals surface area contributed by atoms with Crippen LogP contribution in [0.2, 0.25) is 5.02 Å². The molecule has 5 heteroatoms. The molecule has 2 rings (SSSR count). The van der Waals surface area contributed by atoms with Crippen molar-refractivity contribution >= 4 is 23.3 Å². The summed E-state index contributed by atoms with van der Waals surface area (Å²) in [6.07, 6.45) is 3.88. The number of piperidine rings is 1. The molecule has 1 aliphatic rings. The maximum Gasteiger partial charge on any atom is 0.319 e. The highest BCUT2D eigenvalue weighted by molar-refractivity contribution is 6.30. The van der Waals surface area contributed by atoms with Gasteiger partial charge in [0.05, 0.1) is 0 Å². The van der Waals surface area contributed by atoms with Gasteiger partial charge in [0.2, 0.25) is 0 Å². The lowest BCUT2D eigenvalue weighted by molar-refractivity contribution is 0.224. The summed E-state index contributed by atoms with van der Waals surface area (Å²) in [5.74, 6) is 0. The molecular formula is C14H20ClN3O. The summed E-state index contributed by atoms with van der Waals surface area (Å²) in [5, 5.41) is 6.25. The fourth-order valence-corrected chi connectivity index (χ4v) is 2.44. The number of carbonyl (C=O) groups excluding carboxylic acids is 1. The molecule has 104 valence electrons. The van der Waals surface area contributed by atoms with Crippen LogP contribution in [-0.4, -0.2) is 37.1 Å². The van der Waals surface area contributed by atoms with Gasteiger partial charge in [0.1, 0.15) is 0 Å². The predicted molar refractivity (Wildman–Crippen MR) is 78.8 cm³/mol. The van der Waals surface area contributed by atoms with Crippen molar-refractivity contribution in [2.24, 2.45) is 0 Å². The lowest BCUT2D eigenvalue weighted by Crippen LogP contribution is -2.39. The number of amides is 2. The van der Waals surface area contributed by atoms with Gasteiger partial charge in [-0.25, -0.2) is 4.79 Å². The summed E-state index contributed by atoms with van der Waals surface area (Å²) in [6.45, 7) is 3.89.